The van der Waals surface area contributed by atoms with Crippen LogP contribution in [0.5, 0.6) is 5.75 Å². The molecule has 1 heterocycles. The number of piperazine rings is 1. The zero-order valence-corrected chi connectivity index (χ0v) is 19.2. The van der Waals surface area contributed by atoms with E-state index in [1.165, 1.54) is 17.7 Å². The summed E-state index contributed by atoms with van der Waals surface area (Å²) in [6.45, 7) is 3.92. The second kappa shape index (κ2) is 8.95. The summed E-state index contributed by atoms with van der Waals surface area (Å²) in [6, 6.07) is 12.4. The molecule has 2 aromatic rings. The lowest BCUT2D eigenvalue weighted by atomic mass is 10.1. The third-order valence-electron chi connectivity index (χ3n) is 5.35. The van der Waals surface area contributed by atoms with E-state index < -0.39 is 19.7 Å². The lowest BCUT2D eigenvalue weighted by molar-refractivity contribution is 0.260. The molecule has 1 saturated heterocycles. The molecule has 0 bridgehead atoms. The molecule has 0 aromatic heterocycles. The monoisotopic (exact) mass is 452 g/mol. The quantitative estimate of drug-likeness (QED) is 0.634. The molecule has 3 rings (SSSR count). The molecule has 0 saturated carbocycles. The van der Waals surface area contributed by atoms with Gasteiger partial charge in [-0.3, -0.25) is 4.90 Å². The molecular formula is C21H28N2O5S2. The molecule has 30 heavy (non-hydrogen) atoms. The predicted molar refractivity (Wildman–Crippen MR) is 118 cm³/mol. The van der Waals surface area contributed by atoms with E-state index in [-0.39, 0.29) is 9.79 Å². The van der Waals surface area contributed by atoms with E-state index in [4.69, 9.17) is 4.74 Å². The summed E-state index contributed by atoms with van der Waals surface area (Å²) in [5, 5.41) is 0. The number of sulfone groups is 2. The van der Waals surface area contributed by atoms with Crippen LogP contribution in [0, 0.1) is 0 Å². The van der Waals surface area contributed by atoms with E-state index in [2.05, 4.69) is 17.0 Å². The molecular weight excluding hydrogens is 424 g/mol. The summed E-state index contributed by atoms with van der Waals surface area (Å²) in [5.74, 6) is 0.843. The third kappa shape index (κ3) is 5.53. The maximum Gasteiger partial charge on any atom is 0.177 e. The van der Waals surface area contributed by atoms with Gasteiger partial charge in [-0.05, 0) is 42.3 Å². The van der Waals surface area contributed by atoms with Crippen molar-refractivity contribution in [3.05, 3.63) is 48.0 Å². The van der Waals surface area contributed by atoms with Crippen LogP contribution in [0.2, 0.25) is 0 Å². The van der Waals surface area contributed by atoms with Crippen molar-refractivity contribution in [2.45, 2.75) is 16.2 Å². The first-order valence-corrected chi connectivity index (χ1v) is 13.5. The van der Waals surface area contributed by atoms with Crippen molar-refractivity contribution in [1.82, 2.24) is 4.90 Å². The zero-order chi connectivity index (χ0) is 21.9. The molecule has 164 valence electrons. The predicted octanol–water partition coefficient (Wildman–Crippen LogP) is 1.87. The van der Waals surface area contributed by atoms with Crippen molar-refractivity contribution in [3.8, 4) is 5.75 Å². The maximum atomic E-state index is 12.3. The standard InChI is InChI=1S/C21H28N2O5S2/c1-28-18-6-4-17(5-7-18)10-11-22-12-14-23(15-13-22)20-9-8-19(29(2,24)25)16-21(20)30(3,26)27/h4-9,16H,10-15H2,1-3H3. The number of benzene rings is 2. The highest BCUT2D eigenvalue weighted by atomic mass is 32.2. The van der Waals surface area contributed by atoms with Crippen molar-refractivity contribution in [1.29, 1.82) is 0 Å². The summed E-state index contributed by atoms with van der Waals surface area (Å²) in [5.41, 5.74) is 1.81. The van der Waals surface area contributed by atoms with Gasteiger partial charge in [-0.2, -0.15) is 0 Å². The van der Waals surface area contributed by atoms with E-state index in [1.807, 2.05) is 17.0 Å². The van der Waals surface area contributed by atoms with E-state index in [0.29, 0.717) is 18.8 Å². The highest BCUT2D eigenvalue weighted by Crippen LogP contribution is 2.29. The Hall–Kier alpha value is -2.10. The lowest BCUT2D eigenvalue weighted by Crippen LogP contribution is -2.47. The van der Waals surface area contributed by atoms with Crippen molar-refractivity contribution in [2.75, 3.05) is 57.2 Å². The number of rotatable bonds is 7. The molecule has 2 aromatic carbocycles. The molecule has 0 unspecified atom stereocenters. The molecule has 1 aliphatic rings. The van der Waals surface area contributed by atoms with Crippen molar-refractivity contribution in [3.63, 3.8) is 0 Å². The van der Waals surface area contributed by atoms with Crippen LogP contribution in [-0.2, 0) is 26.1 Å². The number of hydrogen-bond acceptors (Lipinski definition) is 7. The smallest absolute Gasteiger partial charge is 0.177 e. The largest absolute Gasteiger partial charge is 0.497 e. The van der Waals surface area contributed by atoms with E-state index in [9.17, 15) is 16.8 Å². The average Bonchev–Trinajstić information content (AvgIpc) is 2.71. The molecule has 0 atom stereocenters. The Morgan fingerprint density at radius 3 is 2.03 bits per heavy atom. The van der Waals surface area contributed by atoms with E-state index >= 15 is 0 Å². The summed E-state index contributed by atoms with van der Waals surface area (Å²) in [4.78, 5) is 4.46. The Labute approximate surface area is 179 Å². The minimum absolute atomic E-state index is 0.0183. The minimum atomic E-state index is -3.56. The van der Waals surface area contributed by atoms with Gasteiger partial charge in [0.15, 0.2) is 19.7 Å². The highest BCUT2D eigenvalue weighted by Gasteiger charge is 2.24. The van der Waals surface area contributed by atoms with Gasteiger partial charge >= 0.3 is 0 Å². The molecule has 0 amide bonds. The number of hydrogen-bond donors (Lipinski definition) is 0. The van der Waals surface area contributed by atoms with E-state index in [1.54, 1.807) is 13.2 Å². The first-order valence-electron chi connectivity index (χ1n) is 9.72. The van der Waals surface area contributed by atoms with Crippen LogP contribution >= 0.6 is 0 Å². The molecule has 1 aliphatic heterocycles. The lowest BCUT2D eigenvalue weighted by Gasteiger charge is -2.37. The fourth-order valence-corrected chi connectivity index (χ4v) is 5.21. The third-order valence-corrected chi connectivity index (χ3v) is 7.58. The average molecular weight is 453 g/mol. The molecule has 0 spiro atoms. The topological polar surface area (TPSA) is 84.0 Å². The summed E-state index contributed by atoms with van der Waals surface area (Å²) < 4.78 is 53.5. The Kier molecular flexibility index (Phi) is 6.74. The zero-order valence-electron chi connectivity index (χ0n) is 17.5. The second-order valence-corrected chi connectivity index (χ2v) is 11.6. The van der Waals surface area contributed by atoms with Crippen molar-refractivity contribution < 1.29 is 21.6 Å². The number of anilines is 1. The van der Waals surface area contributed by atoms with Gasteiger partial charge in [0.2, 0.25) is 0 Å². The first-order chi connectivity index (χ1) is 14.1. The Morgan fingerprint density at radius 2 is 1.50 bits per heavy atom. The SMILES string of the molecule is COc1ccc(CCN2CCN(c3ccc(S(C)(=O)=O)cc3S(C)(=O)=O)CC2)cc1. The summed E-state index contributed by atoms with van der Waals surface area (Å²) in [7, 11) is -5.39. The number of methoxy groups -OCH3 is 1. The molecule has 0 radical (unpaired) electrons. The second-order valence-electron chi connectivity index (χ2n) is 7.60. The van der Waals surface area contributed by atoms with Crippen LogP contribution in [0.3, 0.4) is 0 Å². The van der Waals surface area contributed by atoms with Crippen LogP contribution in [-0.4, -0.2) is 74.1 Å². The van der Waals surface area contributed by atoms with Crippen molar-refractivity contribution >= 4 is 25.4 Å². The minimum Gasteiger partial charge on any atom is -0.497 e. The van der Waals surface area contributed by atoms with Gasteiger partial charge in [-0.1, -0.05) is 12.1 Å². The Balaban J connectivity index is 1.67. The van der Waals surface area contributed by atoms with Gasteiger partial charge in [-0.25, -0.2) is 16.8 Å². The summed E-state index contributed by atoms with van der Waals surface area (Å²) in [6.07, 6.45) is 3.13. The molecule has 7 nitrogen and oxygen atoms in total. The van der Waals surface area contributed by atoms with Crippen LogP contribution in [0.1, 0.15) is 5.56 Å². The van der Waals surface area contributed by atoms with E-state index in [0.717, 1.165) is 44.3 Å². The molecule has 0 aliphatic carbocycles. The molecule has 9 heteroatoms. The fourth-order valence-electron chi connectivity index (χ4n) is 3.58. The Bertz CT molecular complexity index is 1090. The van der Waals surface area contributed by atoms with Crippen LogP contribution in [0.4, 0.5) is 5.69 Å². The number of ether oxygens (including phenoxy) is 1. The van der Waals surface area contributed by atoms with Crippen molar-refractivity contribution in [2.24, 2.45) is 0 Å². The molecule has 1 fully saturated rings. The Morgan fingerprint density at radius 1 is 0.867 bits per heavy atom. The van der Waals surface area contributed by atoms with Gasteiger partial charge in [0.25, 0.3) is 0 Å². The van der Waals surface area contributed by atoms with Gasteiger partial charge in [0.1, 0.15) is 5.75 Å². The normalized spacial score (nSPS) is 15.9. The summed E-state index contributed by atoms with van der Waals surface area (Å²) >= 11 is 0. The highest BCUT2D eigenvalue weighted by molar-refractivity contribution is 7.91. The van der Waals surface area contributed by atoms with Gasteiger partial charge in [-0.15, -0.1) is 0 Å². The maximum absolute atomic E-state index is 12.3. The first kappa shape index (κ1) is 22.6. The van der Waals surface area contributed by atoms with Gasteiger partial charge < -0.3 is 9.64 Å². The van der Waals surface area contributed by atoms with Crippen LogP contribution < -0.4 is 9.64 Å². The number of nitrogens with zero attached hydrogens (tertiary/aromatic N) is 2. The van der Waals surface area contributed by atoms with Gasteiger partial charge in [0, 0.05) is 45.2 Å². The molecule has 0 N–H and O–H groups in total. The van der Waals surface area contributed by atoms with Crippen LogP contribution in [0.15, 0.2) is 52.3 Å². The fraction of sp³-hybridized carbons (Fsp3) is 0.429. The van der Waals surface area contributed by atoms with Gasteiger partial charge in [0.05, 0.1) is 22.6 Å². The van der Waals surface area contributed by atoms with Crippen LogP contribution in [0.25, 0.3) is 0 Å².